The number of hydrogen-bond acceptors (Lipinski definition) is 4. The predicted octanol–water partition coefficient (Wildman–Crippen LogP) is 2.07. The lowest BCUT2D eigenvalue weighted by Crippen LogP contribution is -1.87. The summed E-state index contributed by atoms with van der Waals surface area (Å²) in [5.41, 5.74) is 2.63. The molecule has 0 aliphatic heterocycles. The molecule has 0 aliphatic rings. The second-order valence-corrected chi connectivity index (χ2v) is 2.78. The zero-order chi connectivity index (χ0) is 7.56. The van der Waals surface area contributed by atoms with Crippen LogP contribution in [0, 0.1) is 0 Å². The Morgan fingerprint density at radius 1 is 1.20 bits per heavy atom. The smallest absolute Gasteiger partial charge is 0.0613 e. The third kappa shape index (κ3) is 1.59. The number of anilines is 1. The van der Waals surface area contributed by atoms with Gasteiger partial charge in [0, 0.05) is 9.79 Å². The van der Waals surface area contributed by atoms with Gasteiger partial charge in [0.25, 0.3) is 0 Å². The number of hydrogen-bond donors (Lipinski definition) is 4. The molecule has 4 heteroatoms. The Labute approximate surface area is 70.0 Å². The fraction of sp³-hybridized carbons (Fsp3) is 0. The van der Waals surface area contributed by atoms with Crippen molar-refractivity contribution in [2.75, 3.05) is 5.48 Å². The Morgan fingerprint density at radius 3 is 2.40 bits per heavy atom. The summed E-state index contributed by atoms with van der Waals surface area (Å²) in [7, 11) is 0. The molecule has 54 valence electrons. The molecular weight excluding hydrogens is 166 g/mol. The van der Waals surface area contributed by atoms with E-state index in [1.807, 2.05) is 5.48 Å². The molecule has 0 aromatic heterocycles. The van der Waals surface area contributed by atoms with E-state index in [1.165, 1.54) is 0 Å². The molecular formula is C6H7NOS2. The fourth-order valence-corrected chi connectivity index (χ4v) is 0.946. The summed E-state index contributed by atoms with van der Waals surface area (Å²) >= 11 is 8.19. The van der Waals surface area contributed by atoms with Gasteiger partial charge in [0.2, 0.25) is 0 Å². The first-order chi connectivity index (χ1) is 4.74. The van der Waals surface area contributed by atoms with Crippen LogP contribution in [0.1, 0.15) is 0 Å². The lowest BCUT2D eigenvalue weighted by molar-refractivity contribution is 0.388. The van der Waals surface area contributed by atoms with Crippen LogP contribution in [0.3, 0.4) is 0 Å². The van der Waals surface area contributed by atoms with Crippen LogP contribution in [0.2, 0.25) is 0 Å². The normalized spacial score (nSPS) is 9.50. The Bertz CT molecular complexity index is 239. The minimum Gasteiger partial charge on any atom is -0.291 e. The molecule has 1 rings (SSSR count). The largest absolute Gasteiger partial charge is 0.291 e. The van der Waals surface area contributed by atoms with E-state index < -0.39 is 0 Å². The van der Waals surface area contributed by atoms with Crippen molar-refractivity contribution < 1.29 is 5.21 Å². The zero-order valence-corrected chi connectivity index (χ0v) is 6.86. The van der Waals surface area contributed by atoms with Crippen molar-refractivity contribution >= 4 is 30.9 Å². The summed E-state index contributed by atoms with van der Waals surface area (Å²) in [6.45, 7) is 0. The van der Waals surface area contributed by atoms with Gasteiger partial charge < -0.3 is 0 Å². The molecule has 0 saturated carbocycles. The standard InChI is InChI=1S/C6H7NOS2/c8-7-4-1-2-5(9)6(10)3-4/h1-3,7-10H. The van der Waals surface area contributed by atoms with Crippen LogP contribution in [0.15, 0.2) is 28.0 Å². The molecule has 0 fully saturated rings. The molecule has 0 amide bonds. The second-order valence-electron chi connectivity index (χ2n) is 1.82. The molecule has 0 bridgehead atoms. The molecule has 0 saturated heterocycles. The van der Waals surface area contributed by atoms with E-state index in [4.69, 9.17) is 5.21 Å². The highest BCUT2D eigenvalue weighted by atomic mass is 32.1. The summed E-state index contributed by atoms with van der Waals surface area (Å²) in [4.78, 5) is 1.53. The number of benzene rings is 1. The van der Waals surface area contributed by atoms with Crippen LogP contribution in [-0.2, 0) is 0 Å². The number of rotatable bonds is 1. The molecule has 10 heavy (non-hydrogen) atoms. The lowest BCUT2D eigenvalue weighted by Gasteiger charge is -2.00. The van der Waals surface area contributed by atoms with Crippen LogP contribution in [-0.4, -0.2) is 5.21 Å². The maximum absolute atomic E-state index is 8.44. The highest BCUT2D eigenvalue weighted by Gasteiger charge is 1.94. The number of thiol groups is 2. The SMILES string of the molecule is ONc1ccc(S)c(S)c1. The van der Waals surface area contributed by atoms with Gasteiger partial charge >= 0.3 is 0 Å². The van der Waals surface area contributed by atoms with Crippen molar-refractivity contribution in [1.82, 2.24) is 0 Å². The minimum absolute atomic E-state index is 0.614. The van der Waals surface area contributed by atoms with Crippen molar-refractivity contribution in [2.45, 2.75) is 9.79 Å². The first-order valence-electron chi connectivity index (χ1n) is 2.66. The predicted molar refractivity (Wildman–Crippen MR) is 46.4 cm³/mol. The van der Waals surface area contributed by atoms with Gasteiger partial charge in [-0.1, -0.05) is 0 Å². The van der Waals surface area contributed by atoms with Crippen molar-refractivity contribution in [1.29, 1.82) is 0 Å². The van der Waals surface area contributed by atoms with Gasteiger partial charge in [-0.25, -0.2) is 0 Å². The minimum atomic E-state index is 0.614. The van der Waals surface area contributed by atoms with Crippen molar-refractivity contribution in [3.63, 3.8) is 0 Å². The molecule has 0 heterocycles. The molecule has 0 unspecified atom stereocenters. The molecule has 1 aromatic rings. The van der Waals surface area contributed by atoms with E-state index in [0.717, 1.165) is 9.79 Å². The maximum Gasteiger partial charge on any atom is 0.0613 e. The molecule has 0 spiro atoms. The van der Waals surface area contributed by atoms with Gasteiger partial charge in [0.1, 0.15) is 0 Å². The molecule has 2 nitrogen and oxygen atoms in total. The Balaban J connectivity index is 3.04. The Hall–Kier alpha value is -0.320. The maximum atomic E-state index is 8.44. The van der Waals surface area contributed by atoms with Gasteiger partial charge in [-0.05, 0) is 18.2 Å². The van der Waals surface area contributed by atoms with Gasteiger partial charge in [0.15, 0.2) is 0 Å². The zero-order valence-electron chi connectivity index (χ0n) is 5.07. The van der Waals surface area contributed by atoms with Gasteiger partial charge in [-0.15, -0.1) is 25.3 Å². The summed E-state index contributed by atoms with van der Waals surface area (Å²) in [5.74, 6) is 0. The van der Waals surface area contributed by atoms with Crippen molar-refractivity contribution in [3.8, 4) is 0 Å². The molecule has 0 radical (unpaired) electrons. The van der Waals surface area contributed by atoms with E-state index in [1.54, 1.807) is 18.2 Å². The van der Waals surface area contributed by atoms with Crippen LogP contribution in [0.25, 0.3) is 0 Å². The summed E-state index contributed by atoms with van der Waals surface area (Å²) in [6, 6.07) is 5.15. The van der Waals surface area contributed by atoms with Crippen LogP contribution in [0.5, 0.6) is 0 Å². The van der Waals surface area contributed by atoms with E-state index in [-0.39, 0.29) is 0 Å². The summed E-state index contributed by atoms with van der Waals surface area (Å²) in [6.07, 6.45) is 0. The highest BCUT2D eigenvalue weighted by Crippen LogP contribution is 2.21. The molecule has 2 N–H and O–H groups in total. The van der Waals surface area contributed by atoms with Crippen LogP contribution in [0.4, 0.5) is 5.69 Å². The summed E-state index contributed by atoms with van der Waals surface area (Å²) < 4.78 is 0. The van der Waals surface area contributed by atoms with Crippen molar-refractivity contribution in [3.05, 3.63) is 18.2 Å². The number of nitrogens with one attached hydrogen (secondary N) is 1. The summed E-state index contributed by atoms with van der Waals surface area (Å²) in [5, 5.41) is 8.44. The third-order valence-corrected chi connectivity index (χ3v) is 2.04. The molecule has 0 atom stereocenters. The Morgan fingerprint density at radius 2 is 1.90 bits per heavy atom. The lowest BCUT2D eigenvalue weighted by atomic mass is 10.3. The van der Waals surface area contributed by atoms with Gasteiger partial charge in [-0.2, -0.15) is 0 Å². The topological polar surface area (TPSA) is 32.3 Å². The quantitative estimate of drug-likeness (QED) is 0.387. The monoisotopic (exact) mass is 173 g/mol. The highest BCUT2D eigenvalue weighted by molar-refractivity contribution is 7.83. The first kappa shape index (κ1) is 7.78. The van der Waals surface area contributed by atoms with Crippen LogP contribution >= 0.6 is 25.3 Å². The average molecular weight is 173 g/mol. The third-order valence-electron chi connectivity index (χ3n) is 1.10. The van der Waals surface area contributed by atoms with Crippen LogP contribution < -0.4 is 5.48 Å². The van der Waals surface area contributed by atoms with E-state index in [9.17, 15) is 0 Å². The molecule has 1 aromatic carbocycles. The van der Waals surface area contributed by atoms with Gasteiger partial charge in [-0.3, -0.25) is 10.7 Å². The van der Waals surface area contributed by atoms with E-state index >= 15 is 0 Å². The fourth-order valence-electron chi connectivity index (χ4n) is 0.593. The first-order valence-corrected chi connectivity index (χ1v) is 3.55. The van der Waals surface area contributed by atoms with Gasteiger partial charge in [0.05, 0.1) is 5.69 Å². The second kappa shape index (κ2) is 3.18. The van der Waals surface area contributed by atoms with E-state index in [0.29, 0.717) is 5.69 Å². The Kier molecular flexibility index (Phi) is 2.48. The van der Waals surface area contributed by atoms with E-state index in [2.05, 4.69) is 25.3 Å². The average Bonchev–Trinajstić information content (AvgIpc) is 1.95. The molecule has 0 aliphatic carbocycles. The van der Waals surface area contributed by atoms with Crippen molar-refractivity contribution in [2.24, 2.45) is 0 Å².